The number of esters is 1. The average Bonchev–Trinajstić information content (AvgIpc) is 3.13. The normalized spacial score (nSPS) is 13.7. The fourth-order valence-corrected chi connectivity index (χ4v) is 2.70. The highest BCUT2D eigenvalue weighted by molar-refractivity contribution is 5.83. The minimum absolute atomic E-state index is 0.143. The van der Waals surface area contributed by atoms with Gasteiger partial charge in [-0.2, -0.15) is 13.2 Å². The zero-order valence-corrected chi connectivity index (χ0v) is 15.4. The van der Waals surface area contributed by atoms with Crippen LogP contribution in [0.4, 0.5) is 13.2 Å². The third kappa shape index (κ3) is 5.40. The molecule has 0 aromatic heterocycles. The molecule has 1 N–H and O–H groups in total. The molecule has 1 heterocycles. The van der Waals surface area contributed by atoms with E-state index < -0.39 is 29.7 Å². The van der Waals surface area contributed by atoms with E-state index >= 15 is 0 Å². The SMILES string of the molecule is C[C@H](OC(=O)Cc1cccc(C(F)(F)F)c1)C(=O)NCc1ccc2c(c1)OCO2. The lowest BCUT2D eigenvalue weighted by atomic mass is 10.1. The van der Waals surface area contributed by atoms with Crippen LogP contribution in [0, 0.1) is 0 Å². The maximum atomic E-state index is 12.7. The van der Waals surface area contributed by atoms with Gasteiger partial charge in [0.15, 0.2) is 17.6 Å². The lowest BCUT2D eigenvalue weighted by Gasteiger charge is -2.14. The molecule has 1 amide bonds. The topological polar surface area (TPSA) is 73.9 Å². The Hall–Kier alpha value is -3.23. The summed E-state index contributed by atoms with van der Waals surface area (Å²) in [5, 5.41) is 2.63. The molecule has 0 bridgehead atoms. The standard InChI is InChI=1S/C20H18F3NO5/c1-12(19(26)24-10-14-5-6-16-17(8-14)28-11-27-16)29-18(25)9-13-3-2-4-15(7-13)20(21,22)23/h2-8,12H,9-11H2,1H3,(H,24,26)/t12-/m0/s1. The Bertz CT molecular complexity index is 913. The molecule has 154 valence electrons. The molecule has 6 nitrogen and oxygen atoms in total. The van der Waals surface area contributed by atoms with E-state index in [1.165, 1.54) is 19.1 Å². The highest BCUT2D eigenvalue weighted by atomic mass is 19.4. The van der Waals surface area contributed by atoms with E-state index in [4.69, 9.17) is 14.2 Å². The van der Waals surface area contributed by atoms with Crippen molar-refractivity contribution in [2.24, 2.45) is 0 Å². The monoisotopic (exact) mass is 409 g/mol. The number of hydrogen-bond donors (Lipinski definition) is 1. The first-order chi connectivity index (χ1) is 13.7. The Morgan fingerprint density at radius 3 is 2.62 bits per heavy atom. The summed E-state index contributed by atoms with van der Waals surface area (Å²) < 4.78 is 53.7. The Morgan fingerprint density at radius 1 is 1.10 bits per heavy atom. The molecular formula is C20H18F3NO5. The molecule has 0 spiro atoms. The predicted octanol–water partition coefficient (Wildman–Crippen LogP) is 3.22. The Labute approximate surface area is 164 Å². The number of alkyl halides is 3. The molecule has 2 aromatic carbocycles. The second kappa shape index (κ2) is 8.42. The van der Waals surface area contributed by atoms with Gasteiger partial charge in [0.05, 0.1) is 12.0 Å². The van der Waals surface area contributed by atoms with Crippen LogP contribution in [0.3, 0.4) is 0 Å². The first-order valence-corrected chi connectivity index (χ1v) is 8.74. The van der Waals surface area contributed by atoms with E-state index in [-0.39, 0.29) is 25.3 Å². The molecule has 0 fully saturated rings. The summed E-state index contributed by atoms with van der Waals surface area (Å²) in [5.41, 5.74) is 0.0696. The maximum absolute atomic E-state index is 12.7. The summed E-state index contributed by atoms with van der Waals surface area (Å²) in [5.74, 6) is -0.121. The minimum Gasteiger partial charge on any atom is -0.454 e. The molecule has 29 heavy (non-hydrogen) atoms. The van der Waals surface area contributed by atoms with Crippen LogP contribution in [-0.4, -0.2) is 24.8 Å². The molecule has 0 unspecified atom stereocenters. The van der Waals surface area contributed by atoms with Crippen LogP contribution in [0.1, 0.15) is 23.6 Å². The molecule has 0 saturated heterocycles. The summed E-state index contributed by atoms with van der Waals surface area (Å²) in [7, 11) is 0. The first-order valence-electron chi connectivity index (χ1n) is 8.74. The number of hydrogen-bond acceptors (Lipinski definition) is 5. The molecule has 1 aliphatic rings. The number of amides is 1. The molecular weight excluding hydrogens is 391 g/mol. The van der Waals surface area contributed by atoms with Gasteiger partial charge in [-0.3, -0.25) is 9.59 Å². The van der Waals surface area contributed by atoms with Crippen LogP contribution >= 0.6 is 0 Å². The third-order valence-electron chi connectivity index (χ3n) is 4.18. The van der Waals surface area contributed by atoms with Crippen molar-refractivity contribution >= 4 is 11.9 Å². The molecule has 9 heteroatoms. The molecule has 2 aromatic rings. The number of nitrogens with one attached hydrogen (secondary N) is 1. The van der Waals surface area contributed by atoms with Crippen molar-refractivity contribution in [1.82, 2.24) is 5.32 Å². The smallest absolute Gasteiger partial charge is 0.416 e. The van der Waals surface area contributed by atoms with E-state index in [0.717, 1.165) is 17.7 Å². The molecule has 0 saturated carbocycles. The first kappa shape index (κ1) is 20.5. The van der Waals surface area contributed by atoms with E-state index in [1.807, 2.05) is 0 Å². The largest absolute Gasteiger partial charge is 0.454 e. The van der Waals surface area contributed by atoms with Crippen LogP contribution in [0.15, 0.2) is 42.5 Å². The number of rotatable bonds is 6. The van der Waals surface area contributed by atoms with Gasteiger partial charge >= 0.3 is 12.1 Å². The second-order valence-corrected chi connectivity index (χ2v) is 6.41. The minimum atomic E-state index is -4.50. The Balaban J connectivity index is 1.49. The van der Waals surface area contributed by atoms with Crippen LogP contribution < -0.4 is 14.8 Å². The molecule has 1 atom stereocenters. The van der Waals surface area contributed by atoms with Gasteiger partial charge in [0.1, 0.15) is 0 Å². The highest BCUT2D eigenvalue weighted by Crippen LogP contribution is 2.32. The number of ether oxygens (including phenoxy) is 3. The van der Waals surface area contributed by atoms with Crippen molar-refractivity contribution in [2.75, 3.05) is 6.79 Å². The summed E-state index contributed by atoms with van der Waals surface area (Å²) in [6, 6.07) is 9.62. The Morgan fingerprint density at radius 2 is 1.86 bits per heavy atom. The third-order valence-corrected chi connectivity index (χ3v) is 4.18. The fraction of sp³-hybridized carbons (Fsp3) is 0.300. The number of fused-ring (bicyclic) bond motifs is 1. The van der Waals surface area contributed by atoms with E-state index in [1.54, 1.807) is 18.2 Å². The van der Waals surface area contributed by atoms with Gasteiger partial charge in [-0.25, -0.2) is 0 Å². The number of carbonyl (C=O) groups excluding carboxylic acids is 2. The van der Waals surface area contributed by atoms with Gasteiger partial charge in [-0.15, -0.1) is 0 Å². The number of benzene rings is 2. The lowest BCUT2D eigenvalue weighted by molar-refractivity contribution is -0.154. The number of carbonyl (C=O) groups is 2. The van der Waals surface area contributed by atoms with Gasteiger partial charge in [0.25, 0.3) is 5.91 Å². The molecule has 0 aliphatic carbocycles. The zero-order chi connectivity index (χ0) is 21.0. The summed E-state index contributed by atoms with van der Waals surface area (Å²) in [4.78, 5) is 24.1. The van der Waals surface area contributed by atoms with Crippen LogP contribution in [0.2, 0.25) is 0 Å². The Kier molecular flexibility index (Phi) is 5.95. The van der Waals surface area contributed by atoms with Crippen molar-refractivity contribution in [3.8, 4) is 11.5 Å². The lowest BCUT2D eigenvalue weighted by Crippen LogP contribution is -2.35. The molecule has 1 aliphatic heterocycles. The van der Waals surface area contributed by atoms with Crippen LogP contribution in [-0.2, 0) is 33.5 Å². The van der Waals surface area contributed by atoms with Gasteiger partial charge in [0, 0.05) is 6.54 Å². The van der Waals surface area contributed by atoms with Gasteiger partial charge in [-0.1, -0.05) is 24.3 Å². The van der Waals surface area contributed by atoms with Crippen LogP contribution in [0.5, 0.6) is 11.5 Å². The quantitative estimate of drug-likeness (QED) is 0.742. The zero-order valence-electron chi connectivity index (χ0n) is 15.4. The number of halogens is 3. The molecule has 3 rings (SSSR count). The summed E-state index contributed by atoms with van der Waals surface area (Å²) in [6.45, 7) is 1.72. The van der Waals surface area contributed by atoms with E-state index in [9.17, 15) is 22.8 Å². The maximum Gasteiger partial charge on any atom is 0.416 e. The second-order valence-electron chi connectivity index (χ2n) is 6.41. The van der Waals surface area contributed by atoms with Crippen molar-refractivity contribution in [3.05, 3.63) is 59.2 Å². The van der Waals surface area contributed by atoms with Crippen molar-refractivity contribution in [2.45, 2.75) is 32.2 Å². The van der Waals surface area contributed by atoms with Gasteiger partial charge in [0.2, 0.25) is 6.79 Å². The van der Waals surface area contributed by atoms with Crippen molar-refractivity contribution in [1.29, 1.82) is 0 Å². The summed E-state index contributed by atoms with van der Waals surface area (Å²) in [6.07, 6.45) is -5.96. The highest BCUT2D eigenvalue weighted by Gasteiger charge is 2.30. The fourth-order valence-electron chi connectivity index (χ4n) is 2.70. The van der Waals surface area contributed by atoms with Gasteiger partial charge < -0.3 is 19.5 Å². The molecule has 0 radical (unpaired) electrons. The predicted molar refractivity (Wildman–Crippen MR) is 95.1 cm³/mol. The average molecular weight is 409 g/mol. The van der Waals surface area contributed by atoms with Gasteiger partial charge in [-0.05, 0) is 36.2 Å². The van der Waals surface area contributed by atoms with Crippen molar-refractivity contribution < 1.29 is 37.0 Å². The summed E-state index contributed by atoms with van der Waals surface area (Å²) >= 11 is 0. The van der Waals surface area contributed by atoms with Crippen LogP contribution in [0.25, 0.3) is 0 Å². The van der Waals surface area contributed by atoms with E-state index in [0.29, 0.717) is 11.5 Å². The van der Waals surface area contributed by atoms with E-state index in [2.05, 4.69) is 5.32 Å². The van der Waals surface area contributed by atoms with Crippen molar-refractivity contribution in [3.63, 3.8) is 0 Å².